The standard InChI is InChI=1S/C15H17F2N3O/c1-19-13(6-7-18-19)12-5-3-2-4-11(12)8-20-9-15(21,10-20)14(16)17/h2-7,14,21H,8-10H2,1H3. The number of nitrogens with zero attached hydrogens (tertiary/aromatic N) is 3. The molecule has 0 unspecified atom stereocenters. The van der Waals surface area contributed by atoms with Gasteiger partial charge in [0, 0.05) is 38.4 Å². The number of halogens is 2. The second-order valence-electron chi connectivity index (χ2n) is 5.55. The largest absolute Gasteiger partial charge is 0.381 e. The third-order valence-corrected chi connectivity index (χ3v) is 3.91. The molecule has 0 amide bonds. The summed E-state index contributed by atoms with van der Waals surface area (Å²) in [4.78, 5) is 1.82. The van der Waals surface area contributed by atoms with Crippen molar-refractivity contribution in [2.75, 3.05) is 13.1 Å². The first-order valence-corrected chi connectivity index (χ1v) is 6.79. The number of benzene rings is 1. The van der Waals surface area contributed by atoms with Crippen LogP contribution >= 0.6 is 0 Å². The molecule has 0 aliphatic carbocycles. The molecule has 6 heteroatoms. The van der Waals surface area contributed by atoms with Gasteiger partial charge in [-0.2, -0.15) is 5.10 Å². The van der Waals surface area contributed by atoms with E-state index in [0.29, 0.717) is 6.54 Å². The molecule has 0 radical (unpaired) electrons. The lowest BCUT2D eigenvalue weighted by molar-refractivity contribution is -0.181. The molecule has 0 saturated carbocycles. The number of aryl methyl sites for hydroxylation is 1. The van der Waals surface area contributed by atoms with E-state index in [1.54, 1.807) is 10.9 Å². The van der Waals surface area contributed by atoms with Crippen molar-refractivity contribution < 1.29 is 13.9 Å². The maximum absolute atomic E-state index is 12.6. The second-order valence-corrected chi connectivity index (χ2v) is 5.55. The molecule has 21 heavy (non-hydrogen) atoms. The maximum Gasteiger partial charge on any atom is 0.269 e. The lowest BCUT2D eigenvalue weighted by atomic mass is 9.93. The molecule has 112 valence electrons. The number of β-amino-alcohol motifs (C(OH)–C–C–N with tert-alkyl or cyclic N) is 1. The highest BCUT2D eigenvalue weighted by atomic mass is 19.3. The van der Waals surface area contributed by atoms with Gasteiger partial charge in [0.05, 0.1) is 5.69 Å². The van der Waals surface area contributed by atoms with E-state index in [1.165, 1.54) is 0 Å². The third-order valence-electron chi connectivity index (χ3n) is 3.91. The first-order chi connectivity index (χ1) is 9.99. The first kappa shape index (κ1) is 14.2. The molecule has 1 saturated heterocycles. The Hall–Kier alpha value is -1.79. The van der Waals surface area contributed by atoms with Crippen LogP contribution in [0.1, 0.15) is 5.56 Å². The van der Waals surface area contributed by atoms with Gasteiger partial charge in [-0.3, -0.25) is 9.58 Å². The Kier molecular flexibility index (Phi) is 3.51. The summed E-state index contributed by atoms with van der Waals surface area (Å²) in [6, 6.07) is 9.75. The van der Waals surface area contributed by atoms with Gasteiger partial charge in [0.25, 0.3) is 6.43 Å². The molecule has 0 spiro atoms. The number of likely N-dealkylation sites (tertiary alicyclic amines) is 1. The highest BCUT2D eigenvalue weighted by Gasteiger charge is 2.48. The van der Waals surface area contributed by atoms with E-state index in [1.807, 2.05) is 42.3 Å². The minimum absolute atomic E-state index is 0.00435. The maximum atomic E-state index is 12.6. The van der Waals surface area contributed by atoms with Crippen LogP contribution < -0.4 is 0 Å². The SMILES string of the molecule is Cn1nccc1-c1ccccc1CN1CC(O)(C(F)F)C1. The van der Waals surface area contributed by atoms with E-state index in [-0.39, 0.29) is 13.1 Å². The molecule has 0 bridgehead atoms. The van der Waals surface area contributed by atoms with Crippen LogP contribution in [0.4, 0.5) is 8.78 Å². The Morgan fingerprint density at radius 1 is 1.29 bits per heavy atom. The van der Waals surface area contributed by atoms with Crippen LogP contribution in [-0.2, 0) is 13.6 Å². The minimum Gasteiger partial charge on any atom is -0.381 e. The molecular formula is C15H17F2N3O. The Balaban J connectivity index is 1.78. The minimum atomic E-state index is -2.69. The van der Waals surface area contributed by atoms with Crippen molar-refractivity contribution in [1.29, 1.82) is 0 Å². The van der Waals surface area contributed by atoms with Crippen LogP contribution in [0.2, 0.25) is 0 Å². The predicted molar refractivity (Wildman–Crippen MR) is 74.9 cm³/mol. The number of hydrogen-bond acceptors (Lipinski definition) is 3. The lowest BCUT2D eigenvalue weighted by Gasteiger charge is -2.45. The fourth-order valence-electron chi connectivity index (χ4n) is 2.77. The first-order valence-electron chi connectivity index (χ1n) is 6.79. The lowest BCUT2D eigenvalue weighted by Crippen LogP contribution is -2.65. The summed E-state index contributed by atoms with van der Waals surface area (Å²) in [7, 11) is 1.87. The highest BCUT2D eigenvalue weighted by molar-refractivity contribution is 5.63. The van der Waals surface area contributed by atoms with Gasteiger partial charge in [0.1, 0.15) is 0 Å². The summed E-state index contributed by atoms with van der Waals surface area (Å²) >= 11 is 0. The second kappa shape index (κ2) is 5.20. The fraction of sp³-hybridized carbons (Fsp3) is 0.400. The van der Waals surface area contributed by atoms with Crippen LogP contribution in [0.25, 0.3) is 11.3 Å². The van der Waals surface area contributed by atoms with E-state index in [2.05, 4.69) is 5.10 Å². The van der Waals surface area contributed by atoms with Crippen molar-refractivity contribution in [1.82, 2.24) is 14.7 Å². The quantitative estimate of drug-likeness (QED) is 0.936. The van der Waals surface area contributed by atoms with Crippen LogP contribution in [-0.4, -0.2) is 44.9 Å². The van der Waals surface area contributed by atoms with E-state index >= 15 is 0 Å². The smallest absolute Gasteiger partial charge is 0.269 e. The van der Waals surface area contributed by atoms with Crippen molar-refractivity contribution in [2.24, 2.45) is 7.05 Å². The normalized spacial score (nSPS) is 18.0. The topological polar surface area (TPSA) is 41.3 Å². The van der Waals surface area contributed by atoms with Crippen molar-refractivity contribution in [3.05, 3.63) is 42.1 Å². The molecule has 3 rings (SSSR count). The van der Waals surface area contributed by atoms with Crippen molar-refractivity contribution in [2.45, 2.75) is 18.6 Å². The summed E-state index contributed by atoms with van der Waals surface area (Å²) < 4.78 is 27.1. The van der Waals surface area contributed by atoms with Crippen molar-refractivity contribution in [3.63, 3.8) is 0 Å². The summed E-state index contributed by atoms with van der Waals surface area (Å²) in [5.41, 5.74) is 1.21. The number of aliphatic hydroxyl groups is 1. The van der Waals surface area contributed by atoms with Crippen molar-refractivity contribution >= 4 is 0 Å². The third kappa shape index (κ3) is 2.56. The summed E-state index contributed by atoms with van der Waals surface area (Å²) in [6.07, 6.45) is -0.966. The average molecular weight is 293 g/mol. The summed E-state index contributed by atoms with van der Waals surface area (Å²) in [6.45, 7) is 0.547. The molecule has 1 fully saturated rings. The van der Waals surface area contributed by atoms with Crippen LogP contribution in [0.3, 0.4) is 0 Å². The van der Waals surface area contributed by atoms with Crippen LogP contribution in [0.5, 0.6) is 0 Å². The number of aromatic nitrogens is 2. The highest BCUT2D eigenvalue weighted by Crippen LogP contribution is 2.31. The van der Waals surface area contributed by atoms with Gasteiger partial charge in [0.2, 0.25) is 0 Å². The number of rotatable bonds is 4. The monoisotopic (exact) mass is 293 g/mol. The van der Waals surface area contributed by atoms with Gasteiger partial charge < -0.3 is 5.11 Å². The van der Waals surface area contributed by atoms with Gasteiger partial charge in [-0.05, 0) is 11.6 Å². The molecule has 1 aliphatic heterocycles. The zero-order chi connectivity index (χ0) is 15.0. The van der Waals surface area contributed by atoms with Gasteiger partial charge in [0.15, 0.2) is 5.60 Å². The van der Waals surface area contributed by atoms with Crippen LogP contribution in [0, 0.1) is 0 Å². The zero-order valence-corrected chi connectivity index (χ0v) is 11.7. The van der Waals surface area contributed by atoms with E-state index < -0.39 is 12.0 Å². The molecule has 1 aromatic heterocycles. The summed E-state index contributed by atoms with van der Waals surface area (Å²) in [5.74, 6) is 0. The number of hydrogen-bond donors (Lipinski definition) is 1. The van der Waals surface area contributed by atoms with Gasteiger partial charge in [-0.25, -0.2) is 8.78 Å². The van der Waals surface area contributed by atoms with E-state index in [9.17, 15) is 13.9 Å². The average Bonchev–Trinajstić information content (AvgIpc) is 2.83. The zero-order valence-electron chi connectivity index (χ0n) is 11.7. The number of alkyl halides is 2. The molecule has 1 aromatic carbocycles. The summed E-state index contributed by atoms with van der Waals surface area (Å²) in [5, 5.41) is 13.8. The molecule has 0 atom stereocenters. The van der Waals surface area contributed by atoms with Gasteiger partial charge in [-0.15, -0.1) is 0 Å². The molecule has 2 aromatic rings. The van der Waals surface area contributed by atoms with Gasteiger partial charge in [-0.1, -0.05) is 24.3 Å². The van der Waals surface area contributed by atoms with Gasteiger partial charge >= 0.3 is 0 Å². The molecule has 1 aliphatic rings. The van der Waals surface area contributed by atoms with E-state index in [0.717, 1.165) is 16.8 Å². The Morgan fingerprint density at radius 3 is 2.62 bits per heavy atom. The predicted octanol–water partition coefficient (Wildman–Crippen LogP) is 1.90. The molecule has 2 heterocycles. The Bertz CT molecular complexity index is 635. The Morgan fingerprint density at radius 2 is 2.00 bits per heavy atom. The molecular weight excluding hydrogens is 276 g/mol. The van der Waals surface area contributed by atoms with E-state index in [4.69, 9.17) is 0 Å². The van der Waals surface area contributed by atoms with Crippen LogP contribution in [0.15, 0.2) is 36.5 Å². The fourth-order valence-corrected chi connectivity index (χ4v) is 2.77. The Labute approximate surface area is 121 Å². The van der Waals surface area contributed by atoms with Crippen molar-refractivity contribution in [3.8, 4) is 11.3 Å². The molecule has 4 nitrogen and oxygen atoms in total. The molecule has 1 N–H and O–H groups in total.